The standard InChI is InChI=1S/C32H38F2O2/c1-3-5-7-9-22-10-12-25-20-26(14-13-24(25)18-22)28-16-15-27(21-29(28)33)32(35)36-31-17-11-23(8-6-4-2)19-30(31)34/h3-5,11,15-17,19,21-22,24-26H,2,6-10,12-14,18,20H2,1H3/b5-3+. The molecule has 2 nitrogen and oxygen atoms in total. The van der Waals surface area contributed by atoms with Crippen molar-refractivity contribution in [3.63, 3.8) is 0 Å². The van der Waals surface area contributed by atoms with Gasteiger partial charge in [-0.15, -0.1) is 6.58 Å². The van der Waals surface area contributed by atoms with Crippen LogP contribution in [-0.4, -0.2) is 5.97 Å². The van der Waals surface area contributed by atoms with E-state index < -0.39 is 11.8 Å². The maximum Gasteiger partial charge on any atom is 0.343 e. The Morgan fingerprint density at radius 1 is 1.00 bits per heavy atom. The summed E-state index contributed by atoms with van der Waals surface area (Å²) >= 11 is 0. The van der Waals surface area contributed by atoms with Crippen molar-refractivity contribution in [3.8, 4) is 5.75 Å². The van der Waals surface area contributed by atoms with Crippen LogP contribution in [0.15, 0.2) is 61.2 Å². The Bertz CT molecular complexity index is 1090. The molecule has 0 bridgehead atoms. The number of ether oxygens (including phenoxy) is 1. The third-order valence-electron chi connectivity index (χ3n) is 8.21. The zero-order valence-corrected chi connectivity index (χ0v) is 21.4. The van der Waals surface area contributed by atoms with E-state index in [2.05, 4.69) is 25.7 Å². The third-order valence-corrected chi connectivity index (χ3v) is 8.21. The van der Waals surface area contributed by atoms with Gasteiger partial charge in [0.05, 0.1) is 5.56 Å². The Labute approximate surface area is 214 Å². The summed E-state index contributed by atoms with van der Waals surface area (Å²) < 4.78 is 34.8. The molecule has 2 aromatic carbocycles. The lowest BCUT2D eigenvalue weighted by Crippen LogP contribution is -2.30. The van der Waals surface area contributed by atoms with E-state index >= 15 is 4.39 Å². The molecule has 0 radical (unpaired) electrons. The van der Waals surface area contributed by atoms with E-state index in [9.17, 15) is 9.18 Å². The van der Waals surface area contributed by atoms with Crippen LogP contribution in [0.3, 0.4) is 0 Å². The van der Waals surface area contributed by atoms with Crippen molar-refractivity contribution in [2.75, 3.05) is 0 Å². The van der Waals surface area contributed by atoms with Gasteiger partial charge in [-0.1, -0.05) is 36.8 Å². The molecule has 4 atom stereocenters. The summed E-state index contributed by atoms with van der Waals surface area (Å²) in [5.41, 5.74) is 1.60. The van der Waals surface area contributed by atoms with Gasteiger partial charge < -0.3 is 4.74 Å². The normalized spacial score (nSPS) is 23.9. The third kappa shape index (κ3) is 6.52. The fourth-order valence-electron chi connectivity index (χ4n) is 6.22. The van der Waals surface area contributed by atoms with Crippen LogP contribution in [0.25, 0.3) is 0 Å². The topological polar surface area (TPSA) is 26.3 Å². The zero-order valence-electron chi connectivity index (χ0n) is 21.4. The predicted molar refractivity (Wildman–Crippen MR) is 141 cm³/mol. The van der Waals surface area contributed by atoms with Crippen LogP contribution >= 0.6 is 0 Å². The van der Waals surface area contributed by atoms with Gasteiger partial charge in [0.2, 0.25) is 0 Å². The maximum absolute atomic E-state index is 15.1. The van der Waals surface area contributed by atoms with Crippen LogP contribution in [-0.2, 0) is 6.42 Å². The van der Waals surface area contributed by atoms with E-state index in [-0.39, 0.29) is 23.0 Å². The molecule has 2 aromatic rings. The fourth-order valence-corrected chi connectivity index (χ4v) is 6.22. The summed E-state index contributed by atoms with van der Waals surface area (Å²) in [7, 11) is 0. The first kappa shape index (κ1) is 26.3. The van der Waals surface area contributed by atoms with Crippen LogP contribution in [0.2, 0.25) is 0 Å². The molecule has 4 rings (SSSR count). The number of benzene rings is 2. The van der Waals surface area contributed by atoms with Gasteiger partial charge in [0.15, 0.2) is 11.6 Å². The lowest BCUT2D eigenvalue weighted by molar-refractivity contribution is 0.0727. The number of allylic oxidation sites excluding steroid dienone is 3. The molecule has 2 fully saturated rings. The summed E-state index contributed by atoms with van der Waals surface area (Å²) in [6.45, 7) is 5.75. The molecular weight excluding hydrogens is 454 g/mol. The first-order chi connectivity index (χ1) is 17.5. The van der Waals surface area contributed by atoms with Crippen molar-refractivity contribution >= 4 is 5.97 Å². The van der Waals surface area contributed by atoms with E-state index in [1.54, 1.807) is 24.3 Å². The van der Waals surface area contributed by atoms with E-state index in [1.165, 1.54) is 50.3 Å². The minimum Gasteiger partial charge on any atom is -0.420 e. The van der Waals surface area contributed by atoms with Crippen molar-refractivity contribution in [1.29, 1.82) is 0 Å². The highest BCUT2D eigenvalue weighted by molar-refractivity contribution is 5.91. The second-order valence-corrected chi connectivity index (χ2v) is 10.6. The van der Waals surface area contributed by atoms with Gasteiger partial charge in [-0.3, -0.25) is 0 Å². The van der Waals surface area contributed by atoms with E-state index in [4.69, 9.17) is 4.74 Å². The molecule has 2 aliphatic carbocycles. The van der Waals surface area contributed by atoms with Crippen molar-refractivity contribution < 1.29 is 18.3 Å². The summed E-state index contributed by atoms with van der Waals surface area (Å²) in [5.74, 6) is 0.586. The number of aryl methyl sites for hydroxylation is 1. The van der Waals surface area contributed by atoms with E-state index in [0.717, 1.165) is 43.1 Å². The maximum atomic E-state index is 15.1. The highest BCUT2D eigenvalue weighted by Gasteiger charge is 2.36. The van der Waals surface area contributed by atoms with Crippen LogP contribution in [0.1, 0.15) is 92.1 Å². The molecule has 0 heterocycles. The average molecular weight is 493 g/mol. The number of fused-ring (bicyclic) bond motifs is 1. The highest BCUT2D eigenvalue weighted by Crippen LogP contribution is 2.48. The van der Waals surface area contributed by atoms with Gasteiger partial charge in [0.1, 0.15) is 5.82 Å². The molecule has 0 aromatic heterocycles. The van der Waals surface area contributed by atoms with Crippen LogP contribution in [0, 0.1) is 29.4 Å². The predicted octanol–water partition coefficient (Wildman–Crippen LogP) is 8.96. The molecule has 4 unspecified atom stereocenters. The summed E-state index contributed by atoms with van der Waals surface area (Å²) in [4.78, 5) is 12.6. The van der Waals surface area contributed by atoms with Crippen molar-refractivity contribution in [3.05, 3.63) is 89.5 Å². The molecule has 192 valence electrons. The van der Waals surface area contributed by atoms with E-state index in [0.29, 0.717) is 17.9 Å². The quantitative estimate of drug-likeness (QED) is 0.198. The molecule has 36 heavy (non-hydrogen) atoms. The Kier molecular flexibility index (Phi) is 9.12. The Hall–Kier alpha value is -2.75. The molecule has 4 heteroatoms. The minimum absolute atomic E-state index is 0.0988. The molecule has 0 amide bonds. The SMILES string of the molecule is C=CCCc1ccc(OC(=O)c2ccc(C3CCC4CC(CC/C=C/C)CCC4C3)c(F)c2)c(F)c1. The van der Waals surface area contributed by atoms with Gasteiger partial charge in [-0.05, 0) is 124 Å². The van der Waals surface area contributed by atoms with Crippen LogP contribution in [0.5, 0.6) is 5.75 Å². The minimum atomic E-state index is -0.752. The zero-order chi connectivity index (χ0) is 25.5. The molecule has 0 spiro atoms. The monoisotopic (exact) mass is 492 g/mol. The van der Waals surface area contributed by atoms with Crippen molar-refractivity contribution in [2.45, 2.75) is 77.0 Å². The lowest BCUT2D eigenvalue weighted by atomic mass is 9.63. The first-order valence-electron chi connectivity index (χ1n) is 13.5. The molecule has 2 aliphatic rings. The van der Waals surface area contributed by atoms with Gasteiger partial charge in [0.25, 0.3) is 0 Å². The number of halogens is 2. The Morgan fingerprint density at radius 2 is 1.81 bits per heavy atom. The number of rotatable bonds is 9. The summed E-state index contributed by atoms with van der Waals surface area (Å²) in [6.07, 6.45) is 17.1. The number of hydrogen-bond acceptors (Lipinski definition) is 2. The summed E-state index contributed by atoms with van der Waals surface area (Å²) in [6, 6.07) is 9.13. The second kappa shape index (κ2) is 12.5. The molecule has 0 aliphatic heterocycles. The van der Waals surface area contributed by atoms with Gasteiger partial charge in [0, 0.05) is 0 Å². The van der Waals surface area contributed by atoms with Crippen LogP contribution < -0.4 is 4.74 Å². The Balaban J connectivity index is 1.35. The summed E-state index contributed by atoms with van der Waals surface area (Å²) in [5, 5.41) is 0. The average Bonchev–Trinajstić information content (AvgIpc) is 2.88. The lowest BCUT2D eigenvalue weighted by Gasteiger charge is -2.42. The van der Waals surface area contributed by atoms with Crippen molar-refractivity contribution in [2.24, 2.45) is 17.8 Å². The fraction of sp³-hybridized carbons (Fsp3) is 0.469. The molecular formula is C32H38F2O2. The van der Waals surface area contributed by atoms with Crippen molar-refractivity contribution in [1.82, 2.24) is 0 Å². The number of esters is 1. The number of hydrogen-bond donors (Lipinski definition) is 0. The molecule has 2 saturated carbocycles. The Morgan fingerprint density at radius 3 is 2.56 bits per heavy atom. The van der Waals surface area contributed by atoms with Gasteiger partial charge in [-0.2, -0.15) is 0 Å². The number of carbonyl (C=O) groups excluding carboxylic acids is 1. The molecule has 0 N–H and O–H groups in total. The largest absolute Gasteiger partial charge is 0.420 e. The van der Waals surface area contributed by atoms with E-state index in [1.807, 2.05) is 0 Å². The number of carbonyl (C=O) groups is 1. The van der Waals surface area contributed by atoms with Gasteiger partial charge in [-0.25, -0.2) is 13.6 Å². The smallest absolute Gasteiger partial charge is 0.343 e. The van der Waals surface area contributed by atoms with Crippen LogP contribution in [0.4, 0.5) is 8.78 Å². The van der Waals surface area contributed by atoms with Gasteiger partial charge >= 0.3 is 5.97 Å². The first-order valence-corrected chi connectivity index (χ1v) is 13.5. The molecule has 0 saturated heterocycles. The highest BCUT2D eigenvalue weighted by atomic mass is 19.1. The second-order valence-electron chi connectivity index (χ2n) is 10.6.